The molecular formula is C20H34N4O3. The second-order valence-corrected chi connectivity index (χ2v) is 8.84. The molecule has 0 spiro atoms. The number of hydrogen-bond acceptors (Lipinski definition) is 4. The largest absolute Gasteiger partial charge is 0.444 e. The monoisotopic (exact) mass is 378 g/mol. The van der Waals surface area contributed by atoms with E-state index in [1.807, 2.05) is 38.7 Å². The number of piperidine rings is 1. The Labute approximate surface area is 162 Å². The first-order chi connectivity index (χ1) is 12.5. The molecule has 0 N–H and O–H groups in total. The molecule has 2 amide bonds. The normalized spacial score (nSPS) is 15.9. The standard InChI is InChI=1S/C20H34N4O3/c1-14(2)13-24(18(25)17-12-15(3)21-22(17)7)16-8-10-23(11-9-16)19(26)27-20(4,5)6/h12,14,16H,8-11,13H2,1-7H3. The fraction of sp³-hybridized carbons (Fsp3) is 0.750. The van der Waals surface area contributed by atoms with Gasteiger partial charge in [-0.25, -0.2) is 4.79 Å². The molecule has 1 aliphatic rings. The third-order valence-electron chi connectivity index (χ3n) is 4.60. The molecule has 7 nitrogen and oxygen atoms in total. The molecule has 152 valence electrons. The van der Waals surface area contributed by atoms with E-state index < -0.39 is 5.60 Å². The van der Waals surface area contributed by atoms with Gasteiger partial charge in [0.25, 0.3) is 5.91 Å². The van der Waals surface area contributed by atoms with Crippen molar-refractivity contribution in [3.63, 3.8) is 0 Å². The van der Waals surface area contributed by atoms with Gasteiger partial charge in [0, 0.05) is 32.7 Å². The van der Waals surface area contributed by atoms with Crippen LogP contribution in [0.5, 0.6) is 0 Å². The van der Waals surface area contributed by atoms with Gasteiger partial charge in [-0.1, -0.05) is 13.8 Å². The van der Waals surface area contributed by atoms with Crippen LogP contribution >= 0.6 is 0 Å². The van der Waals surface area contributed by atoms with Crippen LogP contribution in [0.4, 0.5) is 4.79 Å². The van der Waals surface area contributed by atoms with Gasteiger partial charge < -0.3 is 14.5 Å². The first-order valence-electron chi connectivity index (χ1n) is 9.77. The highest BCUT2D eigenvalue weighted by atomic mass is 16.6. The van der Waals surface area contributed by atoms with Crippen LogP contribution in [0.2, 0.25) is 0 Å². The summed E-state index contributed by atoms with van der Waals surface area (Å²) in [5.41, 5.74) is 0.957. The molecule has 1 saturated heterocycles. The van der Waals surface area contributed by atoms with Crippen LogP contribution in [0, 0.1) is 12.8 Å². The molecule has 1 fully saturated rings. The molecule has 0 atom stereocenters. The lowest BCUT2D eigenvalue weighted by Gasteiger charge is -2.39. The number of carbonyl (C=O) groups is 2. The van der Waals surface area contributed by atoms with Crippen LogP contribution in [-0.2, 0) is 11.8 Å². The lowest BCUT2D eigenvalue weighted by molar-refractivity contribution is 0.0139. The lowest BCUT2D eigenvalue weighted by Crippen LogP contribution is -2.50. The molecular weight excluding hydrogens is 344 g/mol. The van der Waals surface area contributed by atoms with Gasteiger partial charge in [-0.2, -0.15) is 5.10 Å². The molecule has 0 radical (unpaired) electrons. The molecule has 2 heterocycles. The highest BCUT2D eigenvalue weighted by Crippen LogP contribution is 2.22. The molecule has 0 aromatic carbocycles. The van der Waals surface area contributed by atoms with Crippen LogP contribution in [-0.4, -0.2) is 62.9 Å². The molecule has 2 rings (SSSR count). The van der Waals surface area contributed by atoms with E-state index >= 15 is 0 Å². The van der Waals surface area contributed by atoms with Crippen molar-refractivity contribution in [2.75, 3.05) is 19.6 Å². The van der Waals surface area contributed by atoms with Gasteiger partial charge in [0.15, 0.2) is 0 Å². The van der Waals surface area contributed by atoms with Gasteiger partial charge in [0.1, 0.15) is 11.3 Å². The maximum atomic E-state index is 13.2. The smallest absolute Gasteiger partial charge is 0.410 e. The highest BCUT2D eigenvalue weighted by molar-refractivity contribution is 5.93. The second-order valence-electron chi connectivity index (χ2n) is 8.84. The molecule has 0 saturated carbocycles. The Morgan fingerprint density at radius 1 is 1.30 bits per heavy atom. The number of aromatic nitrogens is 2. The van der Waals surface area contributed by atoms with E-state index in [1.165, 1.54) is 0 Å². The zero-order valence-corrected chi connectivity index (χ0v) is 17.8. The molecule has 7 heteroatoms. The van der Waals surface area contributed by atoms with E-state index in [9.17, 15) is 9.59 Å². The first-order valence-corrected chi connectivity index (χ1v) is 9.77. The Morgan fingerprint density at radius 2 is 1.89 bits per heavy atom. The highest BCUT2D eigenvalue weighted by Gasteiger charge is 2.33. The topological polar surface area (TPSA) is 67.7 Å². The van der Waals surface area contributed by atoms with Crippen molar-refractivity contribution >= 4 is 12.0 Å². The Morgan fingerprint density at radius 3 is 2.33 bits per heavy atom. The van der Waals surface area contributed by atoms with Crippen molar-refractivity contribution < 1.29 is 14.3 Å². The van der Waals surface area contributed by atoms with E-state index in [4.69, 9.17) is 4.74 Å². The lowest BCUT2D eigenvalue weighted by atomic mass is 10.0. The maximum Gasteiger partial charge on any atom is 0.410 e. The Kier molecular flexibility index (Phi) is 6.54. The van der Waals surface area contributed by atoms with E-state index in [0.717, 1.165) is 18.5 Å². The summed E-state index contributed by atoms with van der Waals surface area (Å²) >= 11 is 0. The molecule has 27 heavy (non-hydrogen) atoms. The summed E-state index contributed by atoms with van der Waals surface area (Å²) in [5, 5.41) is 4.31. The fourth-order valence-electron chi connectivity index (χ4n) is 3.44. The van der Waals surface area contributed by atoms with Gasteiger partial charge in [-0.3, -0.25) is 9.48 Å². The van der Waals surface area contributed by atoms with E-state index in [0.29, 0.717) is 31.2 Å². The van der Waals surface area contributed by atoms with Gasteiger partial charge in [-0.05, 0) is 52.5 Å². The van der Waals surface area contributed by atoms with Crippen molar-refractivity contribution in [3.05, 3.63) is 17.5 Å². The summed E-state index contributed by atoms with van der Waals surface area (Å²) in [5.74, 6) is 0.384. The Balaban J connectivity index is 2.07. The molecule has 1 aromatic rings. The molecule has 1 aromatic heterocycles. The third kappa shape index (κ3) is 5.71. The fourth-order valence-corrected chi connectivity index (χ4v) is 3.44. The van der Waals surface area contributed by atoms with Crippen LogP contribution in [0.3, 0.4) is 0 Å². The van der Waals surface area contributed by atoms with Crippen LogP contribution < -0.4 is 0 Å². The van der Waals surface area contributed by atoms with Crippen LogP contribution in [0.25, 0.3) is 0 Å². The van der Waals surface area contributed by atoms with E-state index in [1.54, 1.807) is 16.6 Å². The van der Waals surface area contributed by atoms with Crippen molar-refractivity contribution in [2.45, 2.75) is 66.0 Å². The summed E-state index contributed by atoms with van der Waals surface area (Å²) in [6.45, 7) is 13.6. The Hall–Kier alpha value is -2.05. The number of ether oxygens (including phenoxy) is 1. The predicted octanol–water partition coefficient (Wildman–Crippen LogP) is 3.23. The van der Waals surface area contributed by atoms with Crippen LogP contribution in [0.1, 0.15) is 63.6 Å². The second kappa shape index (κ2) is 8.31. The van der Waals surface area contributed by atoms with E-state index in [-0.39, 0.29) is 18.0 Å². The minimum Gasteiger partial charge on any atom is -0.444 e. The summed E-state index contributed by atoms with van der Waals surface area (Å²) in [6.07, 6.45) is 1.24. The zero-order chi connectivity index (χ0) is 20.4. The molecule has 0 aliphatic carbocycles. The van der Waals surface area contributed by atoms with Gasteiger partial charge in [-0.15, -0.1) is 0 Å². The number of nitrogens with zero attached hydrogens (tertiary/aromatic N) is 4. The SMILES string of the molecule is Cc1cc(C(=O)N(CC(C)C)C2CCN(C(=O)OC(C)(C)C)CC2)n(C)n1. The van der Waals surface area contributed by atoms with Crippen molar-refractivity contribution in [1.82, 2.24) is 19.6 Å². The summed E-state index contributed by atoms with van der Waals surface area (Å²) in [6, 6.07) is 1.96. The van der Waals surface area contributed by atoms with Crippen LogP contribution in [0.15, 0.2) is 6.07 Å². The van der Waals surface area contributed by atoms with E-state index in [2.05, 4.69) is 18.9 Å². The van der Waals surface area contributed by atoms with Gasteiger partial charge >= 0.3 is 6.09 Å². The number of likely N-dealkylation sites (tertiary alicyclic amines) is 1. The zero-order valence-electron chi connectivity index (χ0n) is 17.8. The average Bonchev–Trinajstić information content (AvgIpc) is 2.89. The summed E-state index contributed by atoms with van der Waals surface area (Å²) in [7, 11) is 1.80. The number of rotatable bonds is 4. The number of amides is 2. The van der Waals surface area contributed by atoms with Gasteiger partial charge in [0.2, 0.25) is 0 Å². The first kappa shape index (κ1) is 21.3. The predicted molar refractivity (Wildman–Crippen MR) is 105 cm³/mol. The number of carbonyl (C=O) groups excluding carboxylic acids is 2. The van der Waals surface area contributed by atoms with Crippen molar-refractivity contribution in [3.8, 4) is 0 Å². The number of aryl methyl sites for hydroxylation is 2. The molecule has 1 aliphatic heterocycles. The average molecular weight is 379 g/mol. The minimum atomic E-state index is -0.495. The van der Waals surface area contributed by atoms with Gasteiger partial charge in [0.05, 0.1) is 5.69 Å². The Bertz CT molecular complexity index is 667. The van der Waals surface area contributed by atoms with Crippen molar-refractivity contribution in [1.29, 1.82) is 0 Å². The minimum absolute atomic E-state index is 0.0162. The third-order valence-corrected chi connectivity index (χ3v) is 4.60. The maximum absolute atomic E-state index is 13.2. The summed E-state index contributed by atoms with van der Waals surface area (Å²) in [4.78, 5) is 29.2. The number of hydrogen-bond donors (Lipinski definition) is 0. The quantitative estimate of drug-likeness (QED) is 0.807. The summed E-state index contributed by atoms with van der Waals surface area (Å²) < 4.78 is 7.12. The molecule has 0 bridgehead atoms. The molecule has 0 unspecified atom stereocenters. The van der Waals surface area contributed by atoms with Crippen molar-refractivity contribution in [2.24, 2.45) is 13.0 Å².